The van der Waals surface area contributed by atoms with Crippen molar-refractivity contribution in [3.63, 3.8) is 0 Å². The molecular formula is C13H19N3O3S. The van der Waals surface area contributed by atoms with Crippen LogP contribution in [-0.4, -0.2) is 57.5 Å². The van der Waals surface area contributed by atoms with Crippen LogP contribution in [-0.2, 0) is 6.54 Å². The highest BCUT2D eigenvalue weighted by molar-refractivity contribution is 7.17. The summed E-state index contributed by atoms with van der Waals surface area (Å²) in [4.78, 5) is 18.5. The Morgan fingerprint density at radius 2 is 2.10 bits per heavy atom. The van der Waals surface area contributed by atoms with Crippen molar-refractivity contribution in [3.8, 4) is 0 Å². The molecule has 0 unspecified atom stereocenters. The summed E-state index contributed by atoms with van der Waals surface area (Å²) in [7, 11) is 0. The molecule has 2 aromatic rings. The molecule has 0 aliphatic carbocycles. The molecule has 20 heavy (non-hydrogen) atoms. The Morgan fingerprint density at radius 1 is 1.25 bits per heavy atom. The van der Waals surface area contributed by atoms with E-state index in [2.05, 4.69) is 4.98 Å². The molecule has 0 saturated carbocycles. The van der Waals surface area contributed by atoms with Gasteiger partial charge in [0, 0.05) is 32.8 Å². The van der Waals surface area contributed by atoms with Gasteiger partial charge in [-0.15, -0.1) is 11.3 Å². The molecule has 0 aliphatic heterocycles. The molecule has 7 heteroatoms. The van der Waals surface area contributed by atoms with E-state index < -0.39 is 0 Å². The van der Waals surface area contributed by atoms with Crippen LogP contribution >= 0.6 is 11.3 Å². The lowest BCUT2D eigenvalue weighted by Gasteiger charge is -2.21. The first-order valence-electron chi connectivity index (χ1n) is 6.63. The van der Waals surface area contributed by atoms with E-state index in [4.69, 9.17) is 10.2 Å². The Bertz CT molecular complexity index is 596. The third-order valence-electron chi connectivity index (χ3n) is 3.14. The fraction of sp³-hybridized carbons (Fsp3) is 0.538. The van der Waals surface area contributed by atoms with Crippen LogP contribution in [0.3, 0.4) is 0 Å². The van der Waals surface area contributed by atoms with Gasteiger partial charge >= 0.3 is 0 Å². The molecule has 0 spiro atoms. The average Bonchev–Trinajstić information content (AvgIpc) is 2.93. The minimum absolute atomic E-state index is 0.0175. The van der Waals surface area contributed by atoms with Gasteiger partial charge in [-0.1, -0.05) is 0 Å². The van der Waals surface area contributed by atoms with Crippen LogP contribution in [0.2, 0.25) is 0 Å². The Morgan fingerprint density at radius 3 is 2.85 bits per heavy atom. The standard InChI is InChI=1S/C13H19N3O3S/c17-7-1-3-15(6-8-18)4-5-16-10-14-11-2-9-20-12(11)13(16)19/h2,9-10,17-18H,1,3-8H2. The molecule has 0 aliphatic rings. The number of aromatic nitrogens is 2. The number of nitrogens with zero attached hydrogens (tertiary/aromatic N) is 3. The second-order valence-corrected chi connectivity index (χ2v) is 5.44. The molecule has 0 amide bonds. The maximum absolute atomic E-state index is 12.2. The number of thiophene rings is 1. The van der Waals surface area contributed by atoms with E-state index in [0.29, 0.717) is 37.3 Å². The third-order valence-corrected chi connectivity index (χ3v) is 4.03. The van der Waals surface area contributed by atoms with Gasteiger partial charge in [0.25, 0.3) is 5.56 Å². The largest absolute Gasteiger partial charge is 0.396 e. The second kappa shape index (κ2) is 7.49. The number of aliphatic hydroxyl groups excluding tert-OH is 2. The molecule has 2 rings (SSSR count). The van der Waals surface area contributed by atoms with Crippen molar-refractivity contribution in [1.29, 1.82) is 0 Å². The molecule has 0 atom stereocenters. The summed E-state index contributed by atoms with van der Waals surface area (Å²) in [6.45, 7) is 2.64. The maximum atomic E-state index is 12.2. The lowest BCUT2D eigenvalue weighted by molar-refractivity contribution is 0.175. The van der Waals surface area contributed by atoms with Crippen molar-refractivity contribution >= 4 is 21.6 Å². The summed E-state index contributed by atoms with van der Waals surface area (Å²) in [6.07, 6.45) is 2.23. The summed E-state index contributed by atoms with van der Waals surface area (Å²) in [5.41, 5.74) is 0.722. The van der Waals surface area contributed by atoms with Gasteiger partial charge in [-0.05, 0) is 17.9 Å². The predicted octanol–water partition coefficient (Wildman–Crippen LogP) is 0.135. The lowest BCUT2D eigenvalue weighted by Crippen LogP contribution is -2.34. The first-order chi connectivity index (χ1) is 9.76. The monoisotopic (exact) mass is 297 g/mol. The lowest BCUT2D eigenvalue weighted by atomic mass is 10.3. The van der Waals surface area contributed by atoms with Gasteiger partial charge in [0.15, 0.2) is 0 Å². The smallest absolute Gasteiger partial charge is 0.271 e. The molecule has 2 aromatic heterocycles. The summed E-state index contributed by atoms with van der Waals surface area (Å²) < 4.78 is 2.28. The number of hydrogen-bond donors (Lipinski definition) is 2. The quantitative estimate of drug-likeness (QED) is 0.724. The molecule has 0 bridgehead atoms. The van der Waals surface area contributed by atoms with Crippen molar-refractivity contribution in [2.45, 2.75) is 13.0 Å². The normalized spacial score (nSPS) is 11.6. The van der Waals surface area contributed by atoms with Gasteiger partial charge in [0.2, 0.25) is 0 Å². The Balaban J connectivity index is 2.03. The van der Waals surface area contributed by atoms with Crippen LogP contribution < -0.4 is 5.56 Å². The SMILES string of the molecule is O=c1c2sccc2ncn1CCN(CCO)CCCO. The molecule has 0 saturated heterocycles. The van der Waals surface area contributed by atoms with E-state index in [9.17, 15) is 4.79 Å². The summed E-state index contributed by atoms with van der Waals surface area (Å²) in [5.74, 6) is 0. The zero-order valence-electron chi connectivity index (χ0n) is 11.2. The fourth-order valence-corrected chi connectivity index (χ4v) is 2.85. The van der Waals surface area contributed by atoms with Gasteiger partial charge in [-0.3, -0.25) is 14.3 Å². The highest BCUT2D eigenvalue weighted by Gasteiger charge is 2.08. The van der Waals surface area contributed by atoms with Crippen molar-refractivity contribution in [1.82, 2.24) is 14.5 Å². The van der Waals surface area contributed by atoms with Gasteiger partial charge in [-0.25, -0.2) is 4.98 Å². The predicted molar refractivity (Wildman–Crippen MR) is 79.1 cm³/mol. The van der Waals surface area contributed by atoms with Crippen molar-refractivity contribution in [2.24, 2.45) is 0 Å². The first-order valence-corrected chi connectivity index (χ1v) is 7.51. The van der Waals surface area contributed by atoms with Gasteiger partial charge < -0.3 is 10.2 Å². The molecular weight excluding hydrogens is 278 g/mol. The second-order valence-electron chi connectivity index (χ2n) is 4.52. The van der Waals surface area contributed by atoms with Crippen molar-refractivity contribution < 1.29 is 10.2 Å². The average molecular weight is 297 g/mol. The van der Waals surface area contributed by atoms with Crippen LogP contribution in [0.25, 0.3) is 10.2 Å². The van der Waals surface area contributed by atoms with E-state index in [-0.39, 0.29) is 18.8 Å². The molecule has 2 N–H and O–H groups in total. The number of aliphatic hydroxyl groups is 2. The highest BCUT2D eigenvalue weighted by atomic mass is 32.1. The van der Waals surface area contributed by atoms with Crippen LogP contribution in [0.4, 0.5) is 0 Å². The number of rotatable bonds is 8. The Kier molecular flexibility index (Phi) is 5.66. The fourth-order valence-electron chi connectivity index (χ4n) is 2.06. The summed E-state index contributed by atoms with van der Waals surface area (Å²) >= 11 is 1.40. The van der Waals surface area contributed by atoms with Gasteiger partial charge in [0.05, 0.1) is 18.5 Å². The molecule has 6 nitrogen and oxygen atoms in total. The highest BCUT2D eigenvalue weighted by Crippen LogP contribution is 2.13. The minimum atomic E-state index is -0.0175. The van der Waals surface area contributed by atoms with E-state index in [1.165, 1.54) is 11.3 Å². The molecule has 2 heterocycles. The van der Waals surface area contributed by atoms with E-state index in [1.807, 2.05) is 16.3 Å². The minimum Gasteiger partial charge on any atom is -0.396 e. The van der Waals surface area contributed by atoms with E-state index in [1.54, 1.807) is 10.9 Å². The van der Waals surface area contributed by atoms with Gasteiger partial charge in [-0.2, -0.15) is 0 Å². The van der Waals surface area contributed by atoms with Crippen LogP contribution in [0, 0.1) is 0 Å². The molecule has 0 radical (unpaired) electrons. The van der Waals surface area contributed by atoms with Crippen LogP contribution in [0.15, 0.2) is 22.6 Å². The van der Waals surface area contributed by atoms with Crippen molar-refractivity contribution in [2.75, 3.05) is 32.8 Å². The first kappa shape index (κ1) is 15.1. The molecule has 0 fully saturated rings. The van der Waals surface area contributed by atoms with E-state index >= 15 is 0 Å². The van der Waals surface area contributed by atoms with Gasteiger partial charge in [0.1, 0.15) is 4.70 Å². The zero-order chi connectivity index (χ0) is 14.4. The summed E-state index contributed by atoms with van der Waals surface area (Å²) in [6, 6.07) is 1.84. The number of hydrogen-bond acceptors (Lipinski definition) is 6. The van der Waals surface area contributed by atoms with Crippen LogP contribution in [0.5, 0.6) is 0 Å². The maximum Gasteiger partial charge on any atom is 0.271 e. The zero-order valence-corrected chi connectivity index (χ0v) is 12.1. The molecule has 0 aromatic carbocycles. The van der Waals surface area contributed by atoms with Crippen molar-refractivity contribution in [3.05, 3.63) is 28.1 Å². The summed E-state index contributed by atoms with van der Waals surface area (Å²) in [5, 5.41) is 19.7. The number of fused-ring (bicyclic) bond motifs is 1. The Hall–Kier alpha value is -1.28. The van der Waals surface area contributed by atoms with Crippen LogP contribution in [0.1, 0.15) is 6.42 Å². The topological polar surface area (TPSA) is 78.6 Å². The third kappa shape index (κ3) is 3.63. The van der Waals surface area contributed by atoms with E-state index in [0.717, 1.165) is 5.52 Å². The Labute approximate surface area is 120 Å². The molecule has 110 valence electrons.